The molecule has 2 rings (SSSR count). The van der Waals surface area contributed by atoms with Gasteiger partial charge in [0.1, 0.15) is 5.82 Å². The number of imidazole rings is 1. The SMILES string of the molecule is CCCCOCCn1c(C(C)Cl)nc2cc(C)ccc21. The van der Waals surface area contributed by atoms with E-state index in [1.54, 1.807) is 0 Å². The molecule has 0 spiro atoms. The summed E-state index contributed by atoms with van der Waals surface area (Å²) in [5, 5.41) is -0.0988. The third kappa shape index (κ3) is 3.53. The van der Waals surface area contributed by atoms with Gasteiger partial charge in [0.05, 0.1) is 23.0 Å². The molecular formula is C16H23ClN2O. The number of rotatable bonds is 7. The first kappa shape index (κ1) is 15.3. The summed E-state index contributed by atoms with van der Waals surface area (Å²) >= 11 is 6.26. The van der Waals surface area contributed by atoms with Crippen LogP contribution in [0.5, 0.6) is 0 Å². The van der Waals surface area contributed by atoms with Crippen LogP contribution in [0.4, 0.5) is 0 Å². The molecule has 0 radical (unpaired) electrons. The summed E-state index contributed by atoms with van der Waals surface area (Å²) in [6.07, 6.45) is 2.28. The van der Waals surface area contributed by atoms with Gasteiger partial charge in [-0.2, -0.15) is 0 Å². The highest BCUT2D eigenvalue weighted by Gasteiger charge is 2.14. The van der Waals surface area contributed by atoms with Gasteiger partial charge >= 0.3 is 0 Å². The standard InChI is InChI=1S/C16H23ClN2O/c1-4-5-9-20-10-8-19-15-7-6-12(2)11-14(15)18-16(19)13(3)17/h6-7,11,13H,4-5,8-10H2,1-3H3. The Labute approximate surface area is 125 Å². The van der Waals surface area contributed by atoms with Gasteiger partial charge in [-0.25, -0.2) is 4.98 Å². The Kier molecular flexibility index (Phi) is 5.44. The quantitative estimate of drug-likeness (QED) is 0.557. The zero-order valence-corrected chi connectivity index (χ0v) is 13.3. The van der Waals surface area contributed by atoms with Gasteiger partial charge < -0.3 is 9.30 Å². The van der Waals surface area contributed by atoms with E-state index in [4.69, 9.17) is 16.3 Å². The molecule has 1 aromatic carbocycles. The second kappa shape index (κ2) is 7.09. The van der Waals surface area contributed by atoms with Crippen LogP contribution in [0.1, 0.15) is 43.5 Å². The Bertz CT molecular complexity index is 563. The normalized spacial score (nSPS) is 13.0. The first-order chi connectivity index (χ1) is 9.63. The van der Waals surface area contributed by atoms with Crippen molar-refractivity contribution in [2.24, 2.45) is 0 Å². The second-order valence-electron chi connectivity index (χ2n) is 5.20. The van der Waals surface area contributed by atoms with Crippen LogP contribution in [0, 0.1) is 6.92 Å². The Morgan fingerprint density at radius 1 is 1.35 bits per heavy atom. The molecule has 1 heterocycles. The Morgan fingerprint density at radius 3 is 2.85 bits per heavy atom. The third-order valence-corrected chi connectivity index (χ3v) is 3.59. The van der Waals surface area contributed by atoms with Crippen LogP contribution in [-0.4, -0.2) is 22.8 Å². The van der Waals surface area contributed by atoms with Gasteiger partial charge in [0, 0.05) is 13.2 Å². The lowest BCUT2D eigenvalue weighted by Crippen LogP contribution is -2.10. The number of aryl methyl sites for hydroxylation is 1. The monoisotopic (exact) mass is 294 g/mol. The smallest absolute Gasteiger partial charge is 0.127 e. The van der Waals surface area contributed by atoms with Crippen LogP contribution >= 0.6 is 11.6 Å². The molecule has 0 aliphatic carbocycles. The Balaban J connectivity index is 2.18. The molecule has 0 saturated carbocycles. The fraction of sp³-hybridized carbons (Fsp3) is 0.562. The molecule has 0 fully saturated rings. The highest BCUT2D eigenvalue weighted by Crippen LogP contribution is 2.25. The summed E-state index contributed by atoms with van der Waals surface area (Å²) < 4.78 is 7.84. The van der Waals surface area contributed by atoms with Gasteiger partial charge in [-0.1, -0.05) is 19.4 Å². The van der Waals surface area contributed by atoms with Crippen molar-refractivity contribution in [3.63, 3.8) is 0 Å². The van der Waals surface area contributed by atoms with E-state index in [0.717, 1.165) is 42.9 Å². The molecule has 1 unspecified atom stereocenters. The van der Waals surface area contributed by atoms with E-state index in [1.807, 2.05) is 6.92 Å². The maximum atomic E-state index is 6.26. The highest BCUT2D eigenvalue weighted by molar-refractivity contribution is 6.20. The van der Waals surface area contributed by atoms with Gasteiger partial charge in [-0.3, -0.25) is 0 Å². The Hall–Kier alpha value is -1.06. The average molecular weight is 295 g/mol. The third-order valence-electron chi connectivity index (χ3n) is 3.39. The summed E-state index contributed by atoms with van der Waals surface area (Å²) in [5.41, 5.74) is 3.37. The molecule has 20 heavy (non-hydrogen) atoms. The molecular weight excluding hydrogens is 272 g/mol. The topological polar surface area (TPSA) is 27.1 Å². The molecule has 0 aliphatic heterocycles. The van der Waals surface area contributed by atoms with Gasteiger partial charge in [0.25, 0.3) is 0 Å². The van der Waals surface area contributed by atoms with Crippen LogP contribution < -0.4 is 0 Å². The van der Waals surface area contributed by atoms with E-state index in [0.29, 0.717) is 6.61 Å². The highest BCUT2D eigenvalue weighted by atomic mass is 35.5. The van der Waals surface area contributed by atoms with Crippen molar-refractivity contribution in [2.75, 3.05) is 13.2 Å². The van der Waals surface area contributed by atoms with E-state index in [2.05, 4.69) is 41.6 Å². The Morgan fingerprint density at radius 2 is 2.15 bits per heavy atom. The number of unbranched alkanes of at least 4 members (excludes halogenated alkanes) is 1. The lowest BCUT2D eigenvalue weighted by atomic mass is 10.2. The van der Waals surface area contributed by atoms with Crippen LogP contribution in [0.25, 0.3) is 11.0 Å². The number of hydrogen-bond donors (Lipinski definition) is 0. The molecule has 4 heteroatoms. The van der Waals surface area contributed by atoms with Crippen molar-refractivity contribution in [2.45, 2.75) is 45.5 Å². The van der Waals surface area contributed by atoms with Crippen molar-refractivity contribution in [1.82, 2.24) is 9.55 Å². The van der Waals surface area contributed by atoms with Crippen LogP contribution in [0.3, 0.4) is 0 Å². The molecule has 0 N–H and O–H groups in total. The lowest BCUT2D eigenvalue weighted by molar-refractivity contribution is 0.123. The van der Waals surface area contributed by atoms with Crippen molar-refractivity contribution in [3.8, 4) is 0 Å². The van der Waals surface area contributed by atoms with E-state index in [-0.39, 0.29) is 5.38 Å². The molecule has 0 aliphatic rings. The van der Waals surface area contributed by atoms with Crippen molar-refractivity contribution < 1.29 is 4.74 Å². The minimum Gasteiger partial charge on any atom is -0.380 e. The molecule has 0 bridgehead atoms. The predicted molar refractivity (Wildman–Crippen MR) is 84.5 cm³/mol. The van der Waals surface area contributed by atoms with Gasteiger partial charge in [-0.15, -0.1) is 11.6 Å². The van der Waals surface area contributed by atoms with Crippen LogP contribution in [-0.2, 0) is 11.3 Å². The second-order valence-corrected chi connectivity index (χ2v) is 5.85. The summed E-state index contributed by atoms with van der Waals surface area (Å²) in [6, 6.07) is 6.33. The molecule has 3 nitrogen and oxygen atoms in total. The van der Waals surface area contributed by atoms with Gasteiger partial charge in [-0.05, 0) is 38.0 Å². The van der Waals surface area contributed by atoms with Crippen molar-refractivity contribution in [3.05, 3.63) is 29.6 Å². The molecule has 1 atom stereocenters. The number of halogens is 1. The summed E-state index contributed by atoms with van der Waals surface area (Å²) in [7, 11) is 0. The number of hydrogen-bond acceptors (Lipinski definition) is 2. The maximum Gasteiger partial charge on any atom is 0.127 e. The molecule has 0 saturated heterocycles. The number of ether oxygens (including phenoxy) is 1. The van der Waals surface area contributed by atoms with Gasteiger partial charge in [0.2, 0.25) is 0 Å². The number of aromatic nitrogens is 2. The largest absolute Gasteiger partial charge is 0.380 e. The van der Waals surface area contributed by atoms with Crippen molar-refractivity contribution >= 4 is 22.6 Å². The van der Waals surface area contributed by atoms with E-state index in [1.165, 1.54) is 5.56 Å². The predicted octanol–water partition coefficient (Wildman–Crippen LogP) is 4.46. The fourth-order valence-corrected chi connectivity index (χ4v) is 2.47. The first-order valence-electron chi connectivity index (χ1n) is 7.32. The maximum absolute atomic E-state index is 6.26. The first-order valence-corrected chi connectivity index (χ1v) is 7.75. The molecule has 0 amide bonds. The minimum atomic E-state index is -0.0988. The summed E-state index contributed by atoms with van der Waals surface area (Å²) in [4.78, 5) is 4.66. The zero-order chi connectivity index (χ0) is 14.5. The summed E-state index contributed by atoms with van der Waals surface area (Å²) in [6.45, 7) is 8.54. The number of benzene rings is 1. The number of nitrogens with zero attached hydrogens (tertiary/aromatic N) is 2. The molecule has 110 valence electrons. The van der Waals surface area contributed by atoms with E-state index in [9.17, 15) is 0 Å². The fourth-order valence-electron chi connectivity index (χ4n) is 2.30. The lowest BCUT2D eigenvalue weighted by Gasteiger charge is -2.11. The van der Waals surface area contributed by atoms with Gasteiger partial charge in [0.15, 0.2) is 0 Å². The average Bonchev–Trinajstić information content (AvgIpc) is 2.76. The van der Waals surface area contributed by atoms with E-state index >= 15 is 0 Å². The zero-order valence-electron chi connectivity index (χ0n) is 12.5. The molecule has 1 aromatic heterocycles. The van der Waals surface area contributed by atoms with Crippen molar-refractivity contribution in [1.29, 1.82) is 0 Å². The van der Waals surface area contributed by atoms with E-state index < -0.39 is 0 Å². The summed E-state index contributed by atoms with van der Waals surface area (Å²) in [5.74, 6) is 0.923. The minimum absolute atomic E-state index is 0.0988. The molecule has 2 aromatic rings. The number of fused-ring (bicyclic) bond motifs is 1. The van der Waals surface area contributed by atoms with Crippen LogP contribution in [0.15, 0.2) is 18.2 Å². The number of alkyl halides is 1. The van der Waals surface area contributed by atoms with Crippen LogP contribution in [0.2, 0.25) is 0 Å².